The number of benzene rings is 1. The van der Waals surface area contributed by atoms with Gasteiger partial charge in [-0.05, 0) is 42.9 Å². The quantitative estimate of drug-likeness (QED) is 0.0724. The molecule has 3 heteroatoms. The number of aryl methyl sites for hydroxylation is 1. The van der Waals surface area contributed by atoms with Gasteiger partial charge in [-0.3, -0.25) is 5.32 Å². The number of anilines is 1. The first-order chi connectivity index (χ1) is 22.7. The number of unbranched alkanes of at least 4 members (excludes halogenated alkanes) is 30. The molecule has 0 heterocycles. The van der Waals surface area contributed by atoms with E-state index in [0.29, 0.717) is 0 Å². The second-order valence-electron chi connectivity index (χ2n) is 14.5. The first-order valence-electron chi connectivity index (χ1n) is 20.8. The standard InChI is InChI=1S/C43H79NO2/c1-3-5-7-9-11-13-15-17-19-21-23-25-27-29-31-33-36-40-37-35-39-42(44-43(45)46)41(40)38-34-32-30-28-26-24-22-20-18-16-14-12-10-8-6-4-2/h35,37,39,44H,3-34,36,38H2,1-2H3,(H,45,46). The van der Waals surface area contributed by atoms with Crippen molar-refractivity contribution in [3.05, 3.63) is 29.3 Å². The van der Waals surface area contributed by atoms with Crippen LogP contribution in [0, 0.1) is 0 Å². The summed E-state index contributed by atoms with van der Waals surface area (Å²) in [7, 11) is 0. The van der Waals surface area contributed by atoms with Gasteiger partial charge in [-0.2, -0.15) is 0 Å². The van der Waals surface area contributed by atoms with Gasteiger partial charge >= 0.3 is 6.09 Å². The van der Waals surface area contributed by atoms with E-state index in [9.17, 15) is 9.90 Å². The van der Waals surface area contributed by atoms with Crippen LogP contribution in [0.2, 0.25) is 0 Å². The van der Waals surface area contributed by atoms with Gasteiger partial charge in [-0.25, -0.2) is 4.79 Å². The van der Waals surface area contributed by atoms with E-state index in [1.165, 1.54) is 210 Å². The highest BCUT2D eigenvalue weighted by molar-refractivity contribution is 5.84. The summed E-state index contributed by atoms with van der Waals surface area (Å²) in [5.41, 5.74) is 3.41. The monoisotopic (exact) mass is 642 g/mol. The van der Waals surface area contributed by atoms with Crippen LogP contribution in [0.5, 0.6) is 0 Å². The number of carbonyl (C=O) groups is 1. The molecule has 0 aliphatic carbocycles. The van der Waals surface area contributed by atoms with Crippen molar-refractivity contribution in [3.8, 4) is 0 Å². The van der Waals surface area contributed by atoms with Crippen molar-refractivity contribution in [2.24, 2.45) is 0 Å². The zero-order valence-electron chi connectivity index (χ0n) is 31.1. The summed E-state index contributed by atoms with van der Waals surface area (Å²) in [6, 6.07) is 6.22. The van der Waals surface area contributed by atoms with Crippen molar-refractivity contribution in [1.29, 1.82) is 0 Å². The van der Waals surface area contributed by atoms with Crippen molar-refractivity contribution < 1.29 is 9.90 Å². The van der Waals surface area contributed by atoms with E-state index in [0.717, 1.165) is 24.9 Å². The van der Waals surface area contributed by atoms with E-state index < -0.39 is 6.09 Å². The number of rotatable bonds is 35. The van der Waals surface area contributed by atoms with Crippen molar-refractivity contribution in [2.45, 2.75) is 232 Å². The third kappa shape index (κ3) is 26.5. The molecular formula is C43H79NO2. The molecule has 1 rings (SSSR count). The molecule has 268 valence electrons. The molecule has 0 saturated carbocycles. The SMILES string of the molecule is CCCCCCCCCCCCCCCCCCc1cccc(NC(=O)O)c1CCCCCCCCCCCCCCCCCC. The van der Waals surface area contributed by atoms with Crippen LogP contribution in [0.25, 0.3) is 0 Å². The summed E-state index contributed by atoms with van der Waals surface area (Å²) in [6.45, 7) is 4.58. The zero-order valence-corrected chi connectivity index (χ0v) is 31.1. The molecular weight excluding hydrogens is 562 g/mol. The summed E-state index contributed by atoms with van der Waals surface area (Å²) < 4.78 is 0. The topological polar surface area (TPSA) is 49.3 Å². The molecule has 1 aromatic rings. The molecule has 1 amide bonds. The zero-order chi connectivity index (χ0) is 33.2. The lowest BCUT2D eigenvalue weighted by molar-refractivity contribution is 0.209. The van der Waals surface area contributed by atoms with Crippen molar-refractivity contribution in [2.75, 3.05) is 5.32 Å². The van der Waals surface area contributed by atoms with Gasteiger partial charge in [0, 0.05) is 5.69 Å². The maximum absolute atomic E-state index is 11.5. The maximum atomic E-state index is 11.5. The molecule has 0 fully saturated rings. The van der Waals surface area contributed by atoms with Gasteiger partial charge in [-0.15, -0.1) is 0 Å². The number of carboxylic acid groups (broad SMARTS) is 1. The van der Waals surface area contributed by atoms with Crippen molar-refractivity contribution in [1.82, 2.24) is 0 Å². The molecule has 0 radical (unpaired) electrons. The lowest BCUT2D eigenvalue weighted by Gasteiger charge is -2.15. The molecule has 0 aliphatic rings. The van der Waals surface area contributed by atoms with Crippen LogP contribution in [0.1, 0.15) is 230 Å². The van der Waals surface area contributed by atoms with Gasteiger partial charge in [0.05, 0.1) is 0 Å². The summed E-state index contributed by atoms with van der Waals surface area (Å²) in [4.78, 5) is 11.5. The Morgan fingerprint density at radius 3 is 1.09 bits per heavy atom. The lowest BCUT2D eigenvalue weighted by Crippen LogP contribution is -2.11. The molecule has 0 unspecified atom stereocenters. The molecule has 46 heavy (non-hydrogen) atoms. The molecule has 0 atom stereocenters. The van der Waals surface area contributed by atoms with Crippen LogP contribution in [-0.4, -0.2) is 11.2 Å². The van der Waals surface area contributed by atoms with Crippen LogP contribution >= 0.6 is 0 Å². The minimum Gasteiger partial charge on any atom is -0.465 e. The molecule has 0 spiro atoms. The van der Waals surface area contributed by atoms with Gasteiger partial charge in [0.2, 0.25) is 0 Å². The van der Waals surface area contributed by atoms with E-state index >= 15 is 0 Å². The Labute approximate surface area is 287 Å². The summed E-state index contributed by atoms with van der Waals surface area (Å²) in [5.74, 6) is 0. The normalized spacial score (nSPS) is 11.3. The average molecular weight is 642 g/mol. The van der Waals surface area contributed by atoms with Gasteiger partial charge < -0.3 is 5.11 Å². The van der Waals surface area contributed by atoms with Crippen LogP contribution < -0.4 is 5.32 Å². The molecule has 0 bridgehead atoms. The van der Waals surface area contributed by atoms with E-state index in [-0.39, 0.29) is 0 Å². The minimum atomic E-state index is -0.951. The van der Waals surface area contributed by atoms with E-state index in [2.05, 4.69) is 25.2 Å². The van der Waals surface area contributed by atoms with Gasteiger partial charge in [0.1, 0.15) is 0 Å². The number of hydrogen-bond donors (Lipinski definition) is 2. The smallest absolute Gasteiger partial charge is 0.409 e. The van der Waals surface area contributed by atoms with Crippen LogP contribution in [-0.2, 0) is 12.8 Å². The Bertz CT molecular complexity index is 791. The molecule has 1 aromatic carbocycles. The van der Waals surface area contributed by atoms with Crippen molar-refractivity contribution >= 4 is 11.8 Å². The predicted molar refractivity (Wildman–Crippen MR) is 205 cm³/mol. The second kappa shape index (κ2) is 33.4. The molecule has 3 nitrogen and oxygen atoms in total. The number of hydrogen-bond acceptors (Lipinski definition) is 1. The van der Waals surface area contributed by atoms with Crippen LogP contribution in [0.4, 0.5) is 10.5 Å². The number of nitrogens with one attached hydrogen (secondary N) is 1. The van der Waals surface area contributed by atoms with E-state index in [1.807, 2.05) is 12.1 Å². The fraction of sp³-hybridized carbons (Fsp3) is 0.837. The van der Waals surface area contributed by atoms with E-state index in [1.54, 1.807) is 0 Å². The fourth-order valence-corrected chi connectivity index (χ4v) is 7.11. The largest absolute Gasteiger partial charge is 0.465 e. The Hall–Kier alpha value is -1.51. The lowest BCUT2D eigenvalue weighted by atomic mass is 9.94. The van der Waals surface area contributed by atoms with E-state index in [4.69, 9.17) is 0 Å². The van der Waals surface area contributed by atoms with Crippen LogP contribution in [0.15, 0.2) is 18.2 Å². The Balaban J connectivity index is 2.12. The fourth-order valence-electron chi connectivity index (χ4n) is 7.11. The second-order valence-corrected chi connectivity index (χ2v) is 14.5. The summed E-state index contributed by atoms with van der Waals surface area (Å²) in [6.07, 6.45) is 45.4. The van der Waals surface area contributed by atoms with Gasteiger partial charge in [0.15, 0.2) is 0 Å². The van der Waals surface area contributed by atoms with Gasteiger partial charge in [0.25, 0.3) is 0 Å². The Morgan fingerprint density at radius 1 is 0.457 bits per heavy atom. The molecule has 2 N–H and O–H groups in total. The molecule has 0 aromatic heterocycles. The highest BCUT2D eigenvalue weighted by Gasteiger charge is 2.10. The average Bonchev–Trinajstić information content (AvgIpc) is 3.05. The highest BCUT2D eigenvalue weighted by Crippen LogP contribution is 2.25. The summed E-state index contributed by atoms with van der Waals surface area (Å²) in [5, 5.41) is 12.1. The maximum Gasteiger partial charge on any atom is 0.409 e. The third-order valence-electron chi connectivity index (χ3n) is 10.1. The Kier molecular flexibility index (Phi) is 30.9. The minimum absolute atomic E-state index is 0.808. The highest BCUT2D eigenvalue weighted by atomic mass is 16.4. The van der Waals surface area contributed by atoms with Crippen LogP contribution in [0.3, 0.4) is 0 Å². The predicted octanol–water partition coefficient (Wildman–Crippen LogP) is 15.4. The van der Waals surface area contributed by atoms with Gasteiger partial charge in [-0.1, -0.05) is 219 Å². The first-order valence-corrected chi connectivity index (χ1v) is 20.8. The third-order valence-corrected chi connectivity index (χ3v) is 10.1. The number of amides is 1. The van der Waals surface area contributed by atoms with Crippen molar-refractivity contribution in [3.63, 3.8) is 0 Å². The molecule has 0 saturated heterocycles. The first kappa shape index (κ1) is 42.5. The molecule has 0 aliphatic heterocycles. The Morgan fingerprint density at radius 2 is 0.761 bits per heavy atom. The summed E-state index contributed by atoms with van der Waals surface area (Å²) >= 11 is 0.